The molecule has 1 unspecified atom stereocenters. The van der Waals surface area contributed by atoms with Crippen LogP contribution in [0.5, 0.6) is 0 Å². The second kappa shape index (κ2) is 2.58. The zero-order valence-electron chi connectivity index (χ0n) is 4.09. The molecule has 0 aliphatic heterocycles. The normalized spacial score (nSPS) is 13.4. The summed E-state index contributed by atoms with van der Waals surface area (Å²) >= 11 is 0. The van der Waals surface area contributed by atoms with E-state index in [1.54, 1.807) is 0 Å². The number of amides is 1. The molecule has 1 atom stereocenters. The molecule has 0 heterocycles. The second-order valence-corrected chi connectivity index (χ2v) is 1.31. The van der Waals surface area contributed by atoms with Crippen LogP contribution in [0.1, 0.15) is 6.92 Å². The van der Waals surface area contributed by atoms with E-state index in [1.807, 2.05) is 0 Å². The van der Waals surface area contributed by atoms with E-state index in [2.05, 4.69) is 5.73 Å². The van der Waals surface area contributed by atoms with E-state index in [4.69, 9.17) is 5.11 Å². The van der Waals surface area contributed by atoms with Gasteiger partial charge in [0, 0.05) is 0 Å². The maximum absolute atomic E-state index is 9.82. The van der Waals surface area contributed by atoms with Crippen molar-refractivity contribution in [2.45, 2.75) is 13.0 Å². The first-order valence-electron chi connectivity index (χ1n) is 1.95. The van der Waals surface area contributed by atoms with Gasteiger partial charge in [-0.05, 0) is 6.92 Å². The summed E-state index contributed by atoms with van der Waals surface area (Å²) in [6.07, 6.45) is 0.303. The van der Waals surface area contributed by atoms with Gasteiger partial charge in [-0.25, -0.2) is 0 Å². The first-order chi connectivity index (χ1) is 3.13. The Morgan fingerprint density at radius 3 is 2.43 bits per heavy atom. The molecule has 0 bridgehead atoms. The van der Waals surface area contributed by atoms with E-state index in [0.29, 0.717) is 0 Å². The lowest BCUT2D eigenvalue weighted by molar-refractivity contribution is -0.115. The number of aliphatic hydroxyl groups is 1. The Labute approximate surface area is 42.1 Å². The molecule has 3 N–H and O–H groups in total. The Kier molecular flexibility index (Phi) is 2.37. The van der Waals surface area contributed by atoms with Gasteiger partial charge >= 0.3 is 0 Å². The molecule has 1 radical (unpaired) electrons. The molecule has 0 aromatic heterocycles. The fourth-order valence-corrected chi connectivity index (χ4v) is 0.238. The minimum absolute atomic E-state index is 0.588. The van der Waals surface area contributed by atoms with Gasteiger partial charge in [0.2, 0.25) is 5.91 Å². The molecule has 1 amide bonds. The van der Waals surface area contributed by atoms with Crippen LogP contribution >= 0.6 is 0 Å². The number of rotatable bonds is 2. The van der Waals surface area contributed by atoms with Crippen LogP contribution in [0.25, 0.3) is 0 Å². The Balaban J connectivity index is 3.13. The molecule has 3 nitrogen and oxygen atoms in total. The van der Waals surface area contributed by atoms with E-state index in [-0.39, 0.29) is 0 Å². The molecular weight excluding hydrogens is 94.0 g/mol. The van der Waals surface area contributed by atoms with Crippen LogP contribution in [0.4, 0.5) is 0 Å². The number of primary amides is 1. The van der Waals surface area contributed by atoms with Crippen LogP contribution in [-0.2, 0) is 4.79 Å². The summed E-state index contributed by atoms with van der Waals surface area (Å²) in [5.74, 6) is -0.588. The summed E-state index contributed by atoms with van der Waals surface area (Å²) in [5, 5.41) is 8.37. The van der Waals surface area contributed by atoms with Crippen molar-refractivity contribution in [2.24, 2.45) is 5.73 Å². The van der Waals surface area contributed by atoms with E-state index in [0.717, 1.165) is 6.42 Å². The average molecular weight is 102 g/mol. The lowest BCUT2D eigenvalue weighted by atomic mass is 10.3. The smallest absolute Gasteiger partial charge is 0.224 e. The number of aliphatic hydroxyl groups excluding tert-OH is 1. The summed E-state index contributed by atoms with van der Waals surface area (Å²) in [5.41, 5.74) is 4.64. The van der Waals surface area contributed by atoms with E-state index < -0.39 is 12.0 Å². The van der Waals surface area contributed by atoms with Gasteiger partial charge < -0.3 is 10.8 Å². The third-order valence-corrected chi connectivity index (χ3v) is 0.405. The van der Waals surface area contributed by atoms with Gasteiger partial charge in [0.05, 0.1) is 12.5 Å². The highest BCUT2D eigenvalue weighted by atomic mass is 16.3. The molecule has 0 aliphatic rings. The molecule has 0 saturated heterocycles. The third kappa shape index (κ3) is 5.43. The third-order valence-electron chi connectivity index (χ3n) is 0.405. The zero-order valence-corrected chi connectivity index (χ0v) is 4.09. The fourth-order valence-electron chi connectivity index (χ4n) is 0.238. The van der Waals surface area contributed by atoms with Gasteiger partial charge in [-0.2, -0.15) is 0 Å². The van der Waals surface area contributed by atoms with Crippen molar-refractivity contribution in [3.63, 3.8) is 0 Å². The van der Waals surface area contributed by atoms with Crippen molar-refractivity contribution >= 4 is 5.91 Å². The molecule has 7 heavy (non-hydrogen) atoms. The van der Waals surface area contributed by atoms with Crippen LogP contribution in [-0.4, -0.2) is 17.1 Å². The molecule has 0 saturated carbocycles. The lowest BCUT2D eigenvalue weighted by Crippen LogP contribution is -2.18. The number of hydrogen-bond acceptors (Lipinski definition) is 2. The summed E-state index contributed by atoms with van der Waals surface area (Å²) in [4.78, 5) is 9.82. The van der Waals surface area contributed by atoms with Gasteiger partial charge in [-0.3, -0.25) is 4.79 Å². The lowest BCUT2D eigenvalue weighted by Gasteiger charge is -1.94. The zero-order chi connectivity index (χ0) is 5.86. The molecule has 0 spiro atoms. The number of carbonyl (C=O) groups excluding carboxylic acids is 1. The van der Waals surface area contributed by atoms with E-state index >= 15 is 0 Å². The quantitative estimate of drug-likeness (QED) is 0.472. The Morgan fingerprint density at radius 1 is 2.00 bits per heavy atom. The van der Waals surface area contributed by atoms with Crippen LogP contribution in [0.2, 0.25) is 0 Å². The SMILES string of the molecule is CC(O)[CH]C(N)=O. The van der Waals surface area contributed by atoms with Crippen molar-refractivity contribution in [3.8, 4) is 0 Å². The molecule has 41 valence electrons. The van der Waals surface area contributed by atoms with Gasteiger partial charge in [-0.15, -0.1) is 0 Å². The highest BCUT2D eigenvalue weighted by Gasteiger charge is 1.98. The summed E-state index contributed by atoms with van der Waals surface area (Å²) < 4.78 is 0. The van der Waals surface area contributed by atoms with Crippen molar-refractivity contribution in [1.29, 1.82) is 0 Å². The van der Waals surface area contributed by atoms with E-state index in [9.17, 15) is 4.79 Å². The topological polar surface area (TPSA) is 63.3 Å². The Bertz CT molecular complexity index is 70.1. The minimum atomic E-state index is -0.725. The summed E-state index contributed by atoms with van der Waals surface area (Å²) in [6.45, 7) is 1.46. The fraction of sp³-hybridized carbons (Fsp3) is 0.500. The van der Waals surface area contributed by atoms with Gasteiger partial charge in [0.25, 0.3) is 0 Å². The standard InChI is InChI=1S/C4H8NO2/c1-3(6)2-4(5)7/h2-3,6H,1H3,(H2,5,7). The second-order valence-electron chi connectivity index (χ2n) is 1.31. The van der Waals surface area contributed by atoms with Gasteiger partial charge in [-0.1, -0.05) is 0 Å². The van der Waals surface area contributed by atoms with Crippen LogP contribution in [0.15, 0.2) is 0 Å². The van der Waals surface area contributed by atoms with Crippen molar-refractivity contribution in [2.75, 3.05) is 0 Å². The molecule has 0 aromatic carbocycles. The predicted octanol–water partition coefficient (Wildman–Crippen LogP) is -0.943. The number of carbonyl (C=O) groups is 1. The Hall–Kier alpha value is -0.570. The van der Waals surface area contributed by atoms with Crippen LogP contribution in [0.3, 0.4) is 0 Å². The molecule has 0 rings (SSSR count). The van der Waals surface area contributed by atoms with E-state index in [1.165, 1.54) is 6.92 Å². The summed E-state index contributed by atoms with van der Waals surface area (Å²) in [6, 6.07) is 0. The highest BCUT2D eigenvalue weighted by Crippen LogP contribution is 1.82. The first kappa shape index (κ1) is 6.43. The molecule has 0 aliphatic carbocycles. The molecule has 0 aromatic rings. The monoisotopic (exact) mass is 102 g/mol. The minimum Gasteiger partial charge on any atom is -0.393 e. The predicted molar refractivity (Wildman–Crippen MR) is 25.2 cm³/mol. The summed E-state index contributed by atoms with van der Waals surface area (Å²) in [7, 11) is 0. The highest BCUT2D eigenvalue weighted by molar-refractivity contribution is 5.83. The molecule has 3 heteroatoms. The maximum atomic E-state index is 9.82. The number of nitrogens with two attached hydrogens (primary N) is 1. The van der Waals surface area contributed by atoms with Gasteiger partial charge in [0.1, 0.15) is 0 Å². The Morgan fingerprint density at radius 2 is 2.43 bits per heavy atom. The van der Waals surface area contributed by atoms with Crippen LogP contribution in [0, 0.1) is 6.42 Å². The first-order valence-corrected chi connectivity index (χ1v) is 1.95. The van der Waals surface area contributed by atoms with Crippen molar-refractivity contribution < 1.29 is 9.90 Å². The molecule has 0 fully saturated rings. The number of hydrogen-bond donors (Lipinski definition) is 2. The van der Waals surface area contributed by atoms with Crippen LogP contribution < -0.4 is 5.73 Å². The average Bonchev–Trinajstić information content (AvgIpc) is 1.27. The largest absolute Gasteiger partial charge is 0.393 e. The maximum Gasteiger partial charge on any atom is 0.224 e. The van der Waals surface area contributed by atoms with Gasteiger partial charge in [0.15, 0.2) is 0 Å². The van der Waals surface area contributed by atoms with Crippen molar-refractivity contribution in [1.82, 2.24) is 0 Å². The molecular formula is C4H8NO2. The van der Waals surface area contributed by atoms with Crippen molar-refractivity contribution in [3.05, 3.63) is 6.42 Å².